The molecule has 0 spiro atoms. The molecule has 1 atom stereocenters. The molecule has 0 bridgehead atoms. The van der Waals surface area contributed by atoms with E-state index in [4.69, 9.17) is 11.6 Å². The van der Waals surface area contributed by atoms with Gasteiger partial charge in [0, 0.05) is 16.5 Å². The first kappa shape index (κ1) is 12.6. The largest absolute Gasteiger partial charge is 0.309 e. The van der Waals surface area contributed by atoms with Gasteiger partial charge in [-0.15, -0.1) is 11.3 Å². The zero-order valence-electron chi connectivity index (χ0n) is 10.4. The molecule has 0 saturated carbocycles. The Bertz CT molecular complexity index is 708. The van der Waals surface area contributed by atoms with Crippen molar-refractivity contribution >= 4 is 33.8 Å². The third-order valence-corrected chi connectivity index (χ3v) is 4.58. The Hall–Kier alpha value is -1.42. The smallest absolute Gasteiger partial charge is 0.0702 e. The van der Waals surface area contributed by atoms with Gasteiger partial charge in [-0.25, -0.2) is 0 Å². The number of rotatable bonds is 3. The van der Waals surface area contributed by atoms with Gasteiger partial charge in [0.2, 0.25) is 0 Å². The van der Waals surface area contributed by atoms with Crippen molar-refractivity contribution in [3.05, 3.63) is 63.4 Å². The zero-order valence-corrected chi connectivity index (χ0v) is 12.0. The Kier molecular flexibility index (Phi) is 3.51. The summed E-state index contributed by atoms with van der Waals surface area (Å²) in [7, 11) is 1.95. The van der Waals surface area contributed by atoms with Gasteiger partial charge >= 0.3 is 0 Å². The molecule has 1 N–H and O–H groups in total. The summed E-state index contributed by atoms with van der Waals surface area (Å²) in [5, 5.41) is 7.31. The lowest BCUT2D eigenvalue weighted by molar-refractivity contribution is 0.705. The molecular weight excluding hydrogens is 276 g/mol. The van der Waals surface area contributed by atoms with Gasteiger partial charge in [0.15, 0.2) is 0 Å². The Morgan fingerprint density at radius 1 is 1.26 bits per heavy atom. The van der Waals surface area contributed by atoms with Crippen LogP contribution in [-0.4, -0.2) is 12.0 Å². The van der Waals surface area contributed by atoms with Crippen molar-refractivity contribution in [3.63, 3.8) is 0 Å². The topological polar surface area (TPSA) is 24.9 Å². The maximum absolute atomic E-state index is 6.24. The standard InChI is InChI=1S/C15H13ClN2S/c1-17-14(15-12(16)6-8-19-15)11-4-5-13-10(9-11)3-2-7-18-13/h2-9,14,17H,1H3. The molecule has 0 aliphatic carbocycles. The van der Waals surface area contributed by atoms with Gasteiger partial charge in [-0.1, -0.05) is 23.7 Å². The first-order valence-corrected chi connectivity index (χ1v) is 7.30. The number of fused-ring (bicyclic) bond motifs is 1. The van der Waals surface area contributed by atoms with Gasteiger partial charge in [-0.2, -0.15) is 0 Å². The highest BCUT2D eigenvalue weighted by molar-refractivity contribution is 7.10. The molecule has 0 radical (unpaired) electrons. The van der Waals surface area contributed by atoms with Gasteiger partial charge in [0.05, 0.1) is 16.6 Å². The van der Waals surface area contributed by atoms with E-state index in [0.717, 1.165) is 20.8 Å². The molecule has 2 heterocycles. The fraction of sp³-hybridized carbons (Fsp3) is 0.133. The molecule has 3 rings (SSSR count). The first-order chi connectivity index (χ1) is 9.29. The number of hydrogen-bond donors (Lipinski definition) is 1. The number of nitrogens with zero attached hydrogens (tertiary/aromatic N) is 1. The number of nitrogens with one attached hydrogen (secondary N) is 1. The molecule has 4 heteroatoms. The normalized spacial score (nSPS) is 12.7. The van der Waals surface area contributed by atoms with Crippen LogP contribution in [0.2, 0.25) is 5.02 Å². The van der Waals surface area contributed by atoms with E-state index in [0.29, 0.717) is 0 Å². The molecule has 96 valence electrons. The number of aromatic nitrogens is 1. The van der Waals surface area contributed by atoms with E-state index in [1.54, 1.807) is 11.3 Å². The number of halogens is 1. The second kappa shape index (κ2) is 5.29. The molecule has 2 nitrogen and oxygen atoms in total. The molecule has 2 aromatic heterocycles. The minimum atomic E-state index is 0.122. The van der Waals surface area contributed by atoms with E-state index >= 15 is 0 Å². The van der Waals surface area contributed by atoms with E-state index in [9.17, 15) is 0 Å². The summed E-state index contributed by atoms with van der Waals surface area (Å²) in [6, 6.07) is 12.4. The Morgan fingerprint density at radius 2 is 2.16 bits per heavy atom. The van der Waals surface area contributed by atoms with Crippen LogP contribution in [0.5, 0.6) is 0 Å². The molecule has 0 aliphatic heterocycles. The number of benzene rings is 1. The summed E-state index contributed by atoms with van der Waals surface area (Å²) in [6.07, 6.45) is 1.81. The Morgan fingerprint density at radius 3 is 2.89 bits per heavy atom. The highest BCUT2D eigenvalue weighted by Crippen LogP contribution is 2.33. The van der Waals surface area contributed by atoms with Crippen LogP contribution in [0.3, 0.4) is 0 Å². The van der Waals surface area contributed by atoms with E-state index in [2.05, 4.69) is 34.6 Å². The number of thiophene rings is 1. The van der Waals surface area contributed by atoms with Crippen LogP contribution >= 0.6 is 22.9 Å². The second-order valence-corrected chi connectivity index (χ2v) is 5.66. The van der Waals surface area contributed by atoms with E-state index < -0.39 is 0 Å². The summed E-state index contributed by atoms with van der Waals surface area (Å²) in [5.41, 5.74) is 2.21. The van der Waals surface area contributed by atoms with Crippen molar-refractivity contribution in [1.82, 2.24) is 10.3 Å². The lowest BCUT2D eigenvalue weighted by Crippen LogP contribution is -2.16. The summed E-state index contributed by atoms with van der Waals surface area (Å²) < 4.78 is 0. The van der Waals surface area contributed by atoms with Crippen LogP contribution in [0.15, 0.2) is 48.0 Å². The minimum Gasteiger partial charge on any atom is -0.309 e. The van der Waals surface area contributed by atoms with Gasteiger partial charge in [0.25, 0.3) is 0 Å². The number of pyridine rings is 1. The molecule has 3 aromatic rings. The van der Waals surface area contributed by atoms with Gasteiger partial charge in [-0.05, 0) is 42.3 Å². The minimum absolute atomic E-state index is 0.122. The van der Waals surface area contributed by atoms with Crippen LogP contribution in [-0.2, 0) is 0 Å². The van der Waals surface area contributed by atoms with Crippen LogP contribution in [0, 0.1) is 0 Å². The van der Waals surface area contributed by atoms with Crippen LogP contribution in [0.4, 0.5) is 0 Å². The fourth-order valence-corrected chi connectivity index (χ4v) is 3.54. The maximum atomic E-state index is 6.24. The van der Waals surface area contributed by atoms with Gasteiger partial charge in [0.1, 0.15) is 0 Å². The maximum Gasteiger partial charge on any atom is 0.0702 e. The molecule has 1 aromatic carbocycles. The van der Waals surface area contributed by atoms with E-state index in [1.807, 2.05) is 30.8 Å². The zero-order chi connectivity index (χ0) is 13.2. The molecule has 0 amide bonds. The predicted molar refractivity (Wildman–Crippen MR) is 82.0 cm³/mol. The predicted octanol–water partition coefficient (Wildman–Crippen LogP) is 4.26. The first-order valence-electron chi connectivity index (χ1n) is 6.04. The van der Waals surface area contributed by atoms with Crippen LogP contribution < -0.4 is 5.32 Å². The monoisotopic (exact) mass is 288 g/mol. The molecule has 0 saturated heterocycles. The molecular formula is C15H13ClN2S. The highest BCUT2D eigenvalue weighted by Gasteiger charge is 2.16. The Labute approximate surface area is 121 Å². The molecule has 0 fully saturated rings. The van der Waals surface area contributed by atoms with Crippen LogP contribution in [0.1, 0.15) is 16.5 Å². The van der Waals surface area contributed by atoms with Crippen LogP contribution in [0.25, 0.3) is 10.9 Å². The second-order valence-electron chi connectivity index (χ2n) is 4.31. The summed E-state index contributed by atoms with van der Waals surface area (Å²) in [5.74, 6) is 0. The lowest BCUT2D eigenvalue weighted by Gasteiger charge is -2.16. The van der Waals surface area contributed by atoms with Crippen molar-refractivity contribution in [1.29, 1.82) is 0 Å². The van der Waals surface area contributed by atoms with E-state index in [1.165, 1.54) is 5.56 Å². The summed E-state index contributed by atoms with van der Waals surface area (Å²) >= 11 is 7.91. The van der Waals surface area contributed by atoms with Crippen molar-refractivity contribution in [3.8, 4) is 0 Å². The molecule has 0 aliphatic rings. The van der Waals surface area contributed by atoms with Crippen molar-refractivity contribution < 1.29 is 0 Å². The average Bonchev–Trinajstić information content (AvgIpc) is 2.86. The van der Waals surface area contributed by atoms with Gasteiger partial charge in [-0.3, -0.25) is 4.98 Å². The SMILES string of the molecule is CNC(c1ccc2ncccc2c1)c1sccc1Cl. The Balaban J connectivity index is 2.09. The van der Waals surface area contributed by atoms with Gasteiger partial charge < -0.3 is 5.32 Å². The quantitative estimate of drug-likeness (QED) is 0.779. The van der Waals surface area contributed by atoms with Crippen molar-refractivity contribution in [2.45, 2.75) is 6.04 Å². The highest BCUT2D eigenvalue weighted by atomic mass is 35.5. The molecule has 19 heavy (non-hydrogen) atoms. The molecule has 1 unspecified atom stereocenters. The third kappa shape index (κ3) is 2.37. The number of hydrogen-bond acceptors (Lipinski definition) is 3. The third-order valence-electron chi connectivity index (χ3n) is 3.16. The summed E-state index contributed by atoms with van der Waals surface area (Å²) in [6.45, 7) is 0. The summed E-state index contributed by atoms with van der Waals surface area (Å²) in [4.78, 5) is 5.49. The fourth-order valence-electron chi connectivity index (χ4n) is 2.23. The van der Waals surface area contributed by atoms with E-state index in [-0.39, 0.29) is 6.04 Å². The lowest BCUT2D eigenvalue weighted by atomic mass is 10.0. The van der Waals surface area contributed by atoms with Crippen molar-refractivity contribution in [2.24, 2.45) is 0 Å². The average molecular weight is 289 g/mol. The van der Waals surface area contributed by atoms with Crippen molar-refractivity contribution in [2.75, 3.05) is 7.05 Å².